The summed E-state index contributed by atoms with van der Waals surface area (Å²) in [4.78, 5) is 37.5. The highest BCUT2D eigenvalue weighted by atomic mass is 32.1. The Morgan fingerprint density at radius 3 is 2.29 bits per heavy atom. The quantitative estimate of drug-likeness (QED) is 0.598. The average molecular weight is 395 g/mol. The Labute approximate surface area is 165 Å². The lowest BCUT2D eigenvalue weighted by Crippen LogP contribution is -2.17. The first-order valence-corrected chi connectivity index (χ1v) is 9.33. The van der Waals surface area contributed by atoms with E-state index in [1.54, 1.807) is 25.1 Å². The molecule has 0 unspecified atom stereocenters. The van der Waals surface area contributed by atoms with Gasteiger partial charge in [0.05, 0.1) is 23.4 Å². The highest BCUT2D eigenvalue weighted by Crippen LogP contribution is 2.35. The van der Waals surface area contributed by atoms with Gasteiger partial charge in [-0.15, -0.1) is 11.3 Å². The van der Waals surface area contributed by atoms with E-state index in [0.29, 0.717) is 0 Å². The van der Waals surface area contributed by atoms with Gasteiger partial charge in [0.25, 0.3) is 5.91 Å². The molecule has 7 heteroatoms. The molecule has 0 aliphatic carbocycles. The third kappa shape index (κ3) is 4.10. The molecular formula is C21H17NO5S. The maximum Gasteiger partial charge on any atom is 0.350 e. The summed E-state index contributed by atoms with van der Waals surface area (Å²) >= 11 is 1.20. The van der Waals surface area contributed by atoms with Gasteiger partial charge >= 0.3 is 11.9 Å². The average Bonchev–Trinajstić information content (AvgIpc) is 3.12. The van der Waals surface area contributed by atoms with Gasteiger partial charge in [-0.1, -0.05) is 42.5 Å². The van der Waals surface area contributed by atoms with Gasteiger partial charge < -0.3 is 15.2 Å². The van der Waals surface area contributed by atoms with Gasteiger partial charge in [0.1, 0.15) is 4.88 Å². The Bertz CT molecular complexity index is 1030. The van der Waals surface area contributed by atoms with E-state index in [2.05, 4.69) is 5.32 Å². The van der Waals surface area contributed by atoms with Crippen LogP contribution in [0.5, 0.6) is 0 Å². The fourth-order valence-electron chi connectivity index (χ4n) is 2.63. The van der Waals surface area contributed by atoms with E-state index >= 15 is 0 Å². The monoisotopic (exact) mass is 395 g/mol. The molecule has 0 saturated heterocycles. The van der Waals surface area contributed by atoms with Crippen LogP contribution >= 0.6 is 11.3 Å². The maximum atomic E-state index is 12.7. The number of ether oxygens (including phenoxy) is 1. The first-order valence-electron chi connectivity index (χ1n) is 8.51. The third-order valence-corrected chi connectivity index (χ3v) is 5.07. The molecule has 1 heterocycles. The summed E-state index contributed by atoms with van der Waals surface area (Å²) in [6, 6.07) is 17.0. The van der Waals surface area contributed by atoms with E-state index in [4.69, 9.17) is 4.74 Å². The summed E-state index contributed by atoms with van der Waals surface area (Å²) in [6.45, 7) is 1.90. The van der Waals surface area contributed by atoms with E-state index in [1.165, 1.54) is 23.5 Å². The zero-order valence-electron chi connectivity index (χ0n) is 15.0. The van der Waals surface area contributed by atoms with Gasteiger partial charge in [0.2, 0.25) is 0 Å². The smallest absolute Gasteiger partial charge is 0.350 e. The highest BCUT2D eigenvalue weighted by Gasteiger charge is 2.22. The van der Waals surface area contributed by atoms with Crippen LogP contribution in [0.4, 0.5) is 5.69 Å². The van der Waals surface area contributed by atoms with Gasteiger partial charge in [-0.25, -0.2) is 9.59 Å². The normalized spacial score (nSPS) is 10.3. The molecule has 3 rings (SSSR count). The number of nitrogens with one attached hydrogen (secondary N) is 1. The Kier molecular flexibility index (Phi) is 5.86. The fraction of sp³-hybridized carbons (Fsp3) is 0.0952. The van der Waals surface area contributed by atoms with Crippen LogP contribution in [0.15, 0.2) is 60.7 Å². The SMILES string of the molecule is CCOC(=O)c1sc(-c2ccccc2)cc1NC(=O)c1ccccc1C(=O)O. The molecule has 0 saturated carbocycles. The number of aromatic carboxylic acids is 1. The number of esters is 1. The molecule has 0 spiro atoms. The van der Waals surface area contributed by atoms with Crippen LogP contribution in [-0.4, -0.2) is 29.6 Å². The van der Waals surface area contributed by atoms with Crippen molar-refractivity contribution in [3.05, 3.63) is 76.7 Å². The van der Waals surface area contributed by atoms with Crippen LogP contribution in [0.3, 0.4) is 0 Å². The number of carbonyl (C=O) groups excluding carboxylic acids is 2. The molecule has 142 valence electrons. The molecule has 1 aromatic heterocycles. The minimum Gasteiger partial charge on any atom is -0.478 e. The predicted octanol–water partition coefficient (Wildman–Crippen LogP) is 4.54. The predicted molar refractivity (Wildman–Crippen MR) is 107 cm³/mol. The van der Waals surface area contributed by atoms with Crippen LogP contribution in [-0.2, 0) is 4.74 Å². The molecule has 2 aromatic carbocycles. The van der Waals surface area contributed by atoms with Gasteiger partial charge in [0.15, 0.2) is 0 Å². The van der Waals surface area contributed by atoms with E-state index in [0.717, 1.165) is 10.4 Å². The molecule has 0 aliphatic heterocycles. The van der Waals surface area contributed by atoms with Crippen molar-refractivity contribution in [2.24, 2.45) is 0 Å². The number of carboxylic acids is 1. The zero-order chi connectivity index (χ0) is 20.1. The van der Waals surface area contributed by atoms with E-state index in [1.807, 2.05) is 30.3 Å². The molecule has 1 amide bonds. The van der Waals surface area contributed by atoms with Gasteiger partial charge in [-0.2, -0.15) is 0 Å². The largest absolute Gasteiger partial charge is 0.478 e. The standard InChI is InChI=1S/C21H17NO5S/c1-2-27-21(26)18-16(12-17(28-18)13-8-4-3-5-9-13)22-19(23)14-10-6-7-11-15(14)20(24)25/h3-12H,2H2,1H3,(H,22,23)(H,24,25). The molecule has 0 fully saturated rings. The maximum absolute atomic E-state index is 12.7. The topological polar surface area (TPSA) is 92.7 Å². The number of carbonyl (C=O) groups is 3. The number of anilines is 1. The number of amides is 1. The van der Waals surface area contributed by atoms with E-state index < -0.39 is 17.8 Å². The minimum atomic E-state index is -1.20. The molecule has 0 bridgehead atoms. The summed E-state index contributed by atoms with van der Waals surface area (Å²) in [6.07, 6.45) is 0. The van der Waals surface area contributed by atoms with Crippen LogP contribution in [0.25, 0.3) is 10.4 Å². The summed E-state index contributed by atoms with van der Waals surface area (Å²) in [5.41, 5.74) is 1.07. The van der Waals surface area contributed by atoms with Crippen LogP contribution < -0.4 is 5.32 Å². The lowest BCUT2D eigenvalue weighted by molar-refractivity contribution is 0.0532. The highest BCUT2D eigenvalue weighted by molar-refractivity contribution is 7.18. The Balaban J connectivity index is 1.99. The van der Waals surface area contributed by atoms with Crippen molar-refractivity contribution in [1.82, 2.24) is 0 Å². The van der Waals surface area contributed by atoms with Crippen LogP contribution in [0, 0.1) is 0 Å². The molecule has 0 atom stereocenters. The lowest BCUT2D eigenvalue weighted by Gasteiger charge is -2.08. The first-order chi connectivity index (χ1) is 13.5. The van der Waals surface area contributed by atoms with Crippen molar-refractivity contribution in [1.29, 1.82) is 0 Å². The molecule has 6 nitrogen and oxygen atoms in total. The van der Waals surface area contributed by atoms with Crippen LogP contribution in [0.2, 0.25) is 0 Å². The summed E-state index contributed by atoms with van der Waals surface area (Å²) in [5.74, 6) is -2.36. The molecule has 0 aliphatic rings. The second-order valence-corrected chi connectivity index (χ2v) is 6.80. The van der Waals surface area contributed by atoms with E-state index in [9.17, 15) is 19.5 Å². The molecule has 2 N–H and O–H groups in total. The lowest BCUT2D eigenvalue weighted by atomic mass is 10.1. The number of carboxylic acid groups (broad SMARTS) is 1. The number of hydrogen-bond acceptors (Lipinski definition) is 5. The Morgan fingerprint density at radius 2 is 1.64 bits per heavy atom. The van der Waals surface area contributed by atoms with Gasteiger partial charge in [-0.05, 0) is 30.7 Å². The Hall–Kier alpha value is -3.45. The van der Waals surface area contributed by atoms with Crippen molar-refractivity contribution in [2.75, 3.05) is 11.9 Å². The summed E-state index contributed by atoms with van der Waals surface area (Å²) < 4.78 is 5.09. The zero-order valence-corrected chi connectivity index (χ0v) is 15.8. The first kappa shape index (κ1) is 19.3. The van der Waals surface area contributed by atoms with Crippen molar-refractivity contribution < 1.29 is 24.2 Å². The van der Waals surface area contributed by atoms with Gasteiger partial charge in [0, 0.05) is 4.88 Å². The molecule has 3 aromatic rings. The number of thiophene rings is 1. The van der Waals surface area contributed by atoms with Crippen molar-refractivity contribution in [2.45, 2.75) is 6.92 Å². The number of rotatable bonds is 6. The van der Waals surface area contributed by atoms with Crippen molar-refractivity contribution >= 4 is 34.9 Å². The summed E-state index contributed by atoms with van der Waals surface area (Å²) in [5, 5.41) is 12.0. The number of benzene rings is 2. The van der Waals surface area contributed by atoms with Gasteiger partial charge in [-0.3, -0.25) is 4.79 Å². The van der Waals surface area contributed by atoms with Crippen LogP contribution in [0.1, 0.15) is 37.3 Å². The van der Waals surface area contributed by atoms with E-state index in [-0.39, 0.29) is 28.3 Å². The molecule has 28 heavy (non-hydrogen) atoms. The molecule has 0 radical (unpaired) electrons. The van der Waals surface area contributed by atoms with Crippen molar-refractivity contribution in [3.8, 4) is 10.4 Å². The fourth-order valence-corrected chi connectivity index (χ4v) is 3.65. The second kappa shape index (κ2) is 8.49. The summed E-state index contributed by atoms with van der Waals surface area (Å²) in [7, 11) is 0. The minimum absolute atomic E-state index is 0.0114. The third-order valence-electron chi connectivity index (χ3n) is 3.90. The Morgan fingerprint density at radius 1 is 1.00 bits per heavy atom. The van der Waals surface area contributed by atoms with Crippen molar-refractivity contribution in [3.63, 3.8) is 0 Å². The molecular weight excluding hydrogens is 378 g/mol. The number of hydrogen-bond donors (Lipinski definition) is 2. The second-order valence-electron chi connectivity index (χ2n) is 5.74.